The Balaban J connectivity index is 2.29. The normalized spacial score (nSPS) is 20.1. The Hall–Kier alpha value is -1.32. The minimum absolute atomic E-state index is 0.356. The lowest BCUT2D eigenvalue weighted by Crippen LogP contribution is -2.50. The Kier molecular flexibility index (Phi) is 3.68. The Morgan fingerprint density at radius 3 is 2.50 bits per heavy atom. The van der Waals surface area contributed by atoms with E-state index in [1.807, 2.05) is 4.90 Å². The molecule has 0 radical (unpaired) electrons. The van der Waals surface area contributed by atoms with Gasteiger partial charge in [0.15, 0.2) is 6.19 Å². The average molecular weight is 198 g/mol. The molecule has 1 aliphatic rings. The van der Waals surface area contributed by atoms with Crippen LogP contribution in [-0.2, 0) is 4.79 Å². The van der Waals surface area contributed by atoms with E-state index in [0.717, 1.165) is 0 Å². The molecule has 1 saturated heterocycles. The smallest absolute Gasteiger partial charge is 0.321 e. The van der Waals surface area contributed by atoms with Crippen LogP contribution in [-0.4, -0.2) is 59.6 Å². The highest BCUT2D eigenvalue weighted by Gasteiger charge is 2.20. The number of carboxylic acids is 1. The van der Waals surface area contributed by atoms with E-state index in [1.165, 1.54) is 0 Å². The molecule has 1 atom stereocenters. The predicted molar refractivity (Wildman–Crippen MR) is 49.2 cm³/mol. The van der Waals surface area contributed by atoms with E-state index in [9.17, 15) is 4.79 Å². The number of nitrogens with zero attached hydrogens (tertiary/aromatic N) is 3. The minimum Gasteiger partial charge on any atom is -0.480 e. The second-order valence-corrected chi connectivity index (χ2v) is 3.33. The van der Waals surface area contributed by atoms with Crippen molar-refractivity contribution in [1.29, 1.82) is 5.26 Å². The minimum atomic E-state index is -0.979. The van der Waals surface area contributed by atoms with Crippen molar-refractivity contribution in [2.75, 3.05) is 32.7 Å². The Morgan fingerprint density at radius 1 is 1.50 bits per heavy atom. The van der Waals surface area contributed by atoms with Gasteiger partial charge in [-0.05, 0) is 0 Å². The van der Waals surface area contributed by atoms with E-state index in [0.29, 0.717) is 32.7 Å². The third-order valence-corrected chi connectivity index (χ3v) is 2.29. The standard InChI is InChI=1S/C8H14N4O2/c9-6-12-3-1-11(2-4-12)5-7(10)8(13)14/h7H,1-5,10H2,(H,13,14). The molecule has 14 heavy (non-hydrogen) atoms. The van der Waals surface area contributed by atoms with Crippen molar-refractivity contribution in [2.24, 2.45) is 5.73 Å². The van der Waals surface area contributed by atoms with E-state index in [1.54, 1.807) is 4.90 Å². The number of carboxylic acid groups (broad SMARTS) is 1. The molecule has 0 amide bonds. The molecule has 1 unspecified atom stereocenters. The van der Waals surface area contributed by atoms with Gasteiger partial charge in [0, 0.05) is 32.7 Å². The van der Waals surface area contributed by atoms with Crippen LogP contribution in [0.5, 0.6) is 0 Å². The molecule has 0 bridgehead atoms. The van der Waals surface area contributed by atoms with Crippen LogP contribution in [0.2, 0.25) is 0 Å². The van der Waals surface area contributed by atoms with Crippen molar-refractivity contribution in [3.63, 3.8) is 0 Å². The van der Waals surface area contributed by atoms with Gasteiger partial charge in [-0.1, -0.05) is 0 Å². The van der Waals surface area contributed by atoms with Crippen molar-refractivity contribution >= 4 is 5.97 Å². The molecule has 6 heteroatoms. The maximum Gasteiger partial charge on any atom is 0.321 e. The maximum absolute atomic E-state index is 10.5. The average Bonchev–Trinajstić information content (AvgIpc) is 2.19. The summed E-state index contributed by atoms with van der Waals surface area (Å²) >= 11 is 0. The van der Waals surface area contributed by atoms with Gasteiger partial charge in [-0.15, -0.1) is 0 Å². The molecular formula is C8H14N4O2. The molecule has 1 rings (SSSR count). The fraction of sp³-hybridized carbons (Fsp3) is 0.750. The van der Waals surface area contributed by atoms with E-state index < -0.39 is 12.0 Å². The van der Waals surface area contributed by atoms with E-state index in [2.05, 4.69) is 6.19 Å². The molecule has 0 aliphatic carbocycles. The van der Waals surface area contributed by atoms with E-state index in [-0.39, 0.29) is 0 Å². The summed E-state index contributed by atoms with van der Waals surface area (Å²) in [5.41, 5.74) is 5.39. The van der Waals surface area contributed by atoms with Gasteiger partial charge >= 0.3 is 5.97 Å². The maximum atomic E-state index is 10.5. The highest BCUT2D eigenvalue weighted by atomic mass is 16.4. The van der Waals surface area contributed by atoms with Gasteiger partial charge in [0.05, 0.1) is 0 Å². The quantitative estimate of drug-likeness (QED) is 0.536. The van der Waals surface area contributed by atoms with Crippen LogP contribution in [0.4, 0.5) is 0 Å². The molecule has 1 heterocycles. The highest BCUT2D eigenvalue weighted by molar-refractivity contribution is 5.73. The Morgan fingerprint density at radius 2 is 2.07 bits per heavy atom. The van der Waals surface area contributed by atoms with Crippen LogP contribution in [0.15, 0.2) is 0 Å². The van der Waals surface area contributed by atoms with E-state index in [4.69, 9.17) is 16.1 Å². The lowest BCUT2D eigenvalue weighted by Gasteiger charge is -2.32. The third-order valence-electron chi connectivity index (χ3n) is 2.29. The second kappa shape index (κ2) is 4.79. The van der Waals surface area contributed by atoms with Crippen molar-refractivity contribution in [3.8, 4) is 6.19 Å². The number of rotatable bonds is 3. The van der Waals surface area contributed by atoms with E-state index >= 15 is 0 Å². The number of carbonyl (C=O) groups is 1. The number of hydrogen-bond donors (Lipinski definition) is 2. The number of nitrogens with two attached hydrogens (primary N) is 1. The van der Waals surface area contributed by atoms with Crippen LogP contribution < -0.4 is 5.73 Å². The molecule has 1 fully saturated rings. The summed E-state index contributed by atoms with van der Waals surface area (Å²) in [6, 6.07) is -0.830. The number of hydrogen-bond acceptors (Lipinski definition) is 5. The van der Waals surface area contributed by atoms with Gasteiger partial charge in [-0.2, -0.15) is 5.26 Å². The second-order valence-electron chi connectivity index (χ2n) is 3.33. The number of nitriles is 1. The highest BCUT2D eigenvalue weighted by Crippen LogP contribution is 2.00. The van der Waals surface area contributed by atoms with Crippen LogP contribution in [0, 0.1) is 11.5 Å². The number of aliphatic carboxylic acids is 1. The summed E-state index contributed by atoms with van der Waals surface area (Å²) in [6.07, 6.45) is 2.06. The first-order valence-electron chi connectivity index (χ1n) is 4.49. The molecule has 0 aromatic rings. The summed E-state index contributed by atoms with van der Waals surface area (Å²) in [5, 5.41) is 17.2. The summed E-state index contributed by atoms with van der Waals surface area (Å²) in [5.74, 6) is -0.979. The third kappa shape index (κ3) is 2.87. The zero-order valence-electron chi connectivity index (χ0n) is 7.89. The van der Waals surface area contributed by atoms with Crippen LogP contribution in [0.3, 0.4) is 0 Å². The molecule has 1 aliphatic heterocycles. The van der Waals surface area contributed by atoms with Crippen molar-refractivity contribution in [1.82, 2.24) is 9.80 Å². The van der Waals surface area contributed by atoms with Gasteiger partial charge in [-0.3, -0.25) is 9.69 Å². The first-order chi connectivity index (χ1) is 6.63. The molecule has 0 saturated carbocycles. The fourth-order valence-electron chi connectivity index (χ4n) is 1.39. The molecule has 0 spiro atoms. The van der Waals surface area contributed by atoms with Crippen LogP contribution in [0.1, 0.15) is 0 Å². The first kappa shape index (κ1) is 10.8. The molecule has 0 aromatic heterocycles. The topological polar surface area (TPSA) is 93.6 Å². The van der Waals surface area contributed by atoms with Gasteiger partial charge in [0.2, 0.25) is 0 Å². The largest absolute Gasteiger partial charge is 0.480 e. The fourth-order valence-corrected chi connectivity index (χ4v) is 1.39. The van der Waals surface area contributed by atoms with Gasteiger partial charge < -0.3 is 15.7 Å². The van der Waals surface area contributed by atoms with Crippen LogP contribution >= 0.6 is 0 Å². The molecule has 78 valence electrons. The summed E-state index contributed by atoms with van der Waals surface area (Å²) < 4.78 is 0. The molecular weight excluding hydrogens is 184 g/mol. The molecule has 0 aromatic carbocycles. The van der Waals surface area contributed by atoms with Gasteiger partial charge in [0.1, 0.15) is 6.04 Å². The monoisotopic (exact) mass is 198 g/mol. The zero-order valence-corrected chi connectivity index (χ0v) is 7.89. The SMILES string of the molecule is N#CN1CCN(CC(N)C(=O)O)CC1. The van der Waals surface area contributed by atoms with Crippen molar-refractivity contribution in [2.45, 2.75) is 6.04 Å². The Labute approximate surface area is 82.5 Å². The van der Waals surface area contributed by atoms with Crippen LogP contribution in [0.25, 0.3) is 0 Å². The van der Waals surface area contributed by atoms with Crippen molar-refractivity contribution in [3.05, 3.63) is 0 Å². The number of piperazine rings is 1. The van der Waals surface area contributed by atoms with Gasteiger partial charge in [0.25, 0.3) is 0 Å². The zero-order chi connectivity index (χ0) is 10.6. The summed E-state index contributed by atoms with van der Waals surface area (Å²) in [4.78, 5) is 14.1. The summed E-state index contributed by atoms with van der Waals surface area (Å²) in [6.45, 7) is 3.07. The van der Waals surface area contributed by atoms with Crippen molar-refractivity contribution < 1.29 is 9.90 Å². The van der Waals surface area contributed by atoms with Gasteiger partial charge in [-0.25, -0.2) is 0 Å². The Bertz CT molecular complexity index is 242. The first-order valence-corrected chi connectivity index (χ1v) is 4.49. The summed E-state index contributed by atoms with van der Waals surface area (Å²) in [7, 11) is 0. The lowest BCUT2D eigenvalue weighted by atomic mass is 10.2. The molecule has 6 nitrogen and oxygen atoms in total. The lowest BCUT2D eigenvalue weighted by molar-refractivity contribution is -0.139. The molecule has 3 N–H and O–H groups in total. The predicted octanol–water partition coefficient (Wildman–Crippen LogP) is -1.50.